The van der Waals surface area contributed by atoms with Crippen LogP contribution in [0.5, 0.6) is 0 Å². The third-order valence-electron chi connectivity index (χ3n) is 6.54. The SMILES string of the molecule is CC(C)NC(=O)[C@@]1(Cc2ccccc2-c2cccnc2)CCN(C(=O)C2CCC2)C1. The Bertz CT molecular complexity index is 908. The minimum absolute atomic E-state index is 0.0578. The molecule has 0 unspecified atom stereocenters. The average Bonchev–Trinajstić information content (AvgIpc) is 3.13. The molecule has 158 valence electrons. The van der Waals surface area contributed by atoms with Crippen LogP contribution in [0.3, 0.4) is 0 Å². The summed E-state index contributed by atoms with van der Waals surface area (Å²) in [6, 6.07) is 12.3. The van der Waals surface area contributed by atoms with Crippen LogP contribution in [0.4, 0.5) is 0 Å². The number of rotatable bonds is 6. The molecule has 1 N–H and O–H groups in total. The van der Waals surface area contributed by atoms with E-state index in [0.29, 0.717) is 25.9 Å². The van der Waals surface area contributed by atoms with E-state index in [1.54, 1.807) is 6.20 Å². The fraction of sp³-hybridized carbons (Fsp3) is 0.480. The largest absolute Gasteiger partial charge is 0.353 e. The maximum atomic E-state index is 13.4. The smallest absolute Gasteiger partial charge is 0.228 e. The number of likely N-dealkylation sites (tertiary alicyclic amines) is 1. The quantitative estimate of drug-likeness (QED) is 0.794. The molecule has 1 saturated carbocycles. The molecule has 0 radical (unpaired) electrons. The van der Waals surface area contributed by atoms with Crippen molar-refractivity contribution in [3.8, 4) is 11.1 Å². The van der Waals surface area contributed by atoms with Crippen LogP contribution in [0, 0.1) is 11.3 Å². The maximum Gasteiger partial charge on any atom is 0.228 e. The highest BCUT2D eigenvalue weighted by molar-refractivity contribution is 5.87. The second-order valence-electron chi connectivity index (χ2n) is 9.12. The third-order valence-corrected chi connectivity index (χ3v) is 6.54. The Kier molecular flexibility index (Phi) is 5.89. The van der Waals surface area contributed by atoms with Crippen LogP contribution in [0.2, 0.25) is 0 Å². The van der Waals surface area contributed by atoms with E-state index in [1.165, 1.54) is 0 Å². The predicted octanol–water partition coefficient (Wildman–Crippen LogP) is 3.83. The van der Waals surface area contributed by atoms with Crippen LogP contribution in [0.25, 0.3) is 11.1 Å². The molecule has 1 aliphatic carbocycles. The van der Waals surface area contributed by atoms with Crippen molar-refractivity contribution < 1.29 is 9.59 Å². The zero-order chi connectivity index (χ0) is 21.1. The van der Waals surface area contributed by atoms with Crippen LogP contribution in [-0.2, 0) is 16.0 Å². The molecule has 0 bridgehead atoms. The second-order valence-corrected chi connectivity index (χ2v) is 9.12. The lowest BCUT2D eigenvalue weighted by Gasteiger charge is -2.32. The van der Waals surface area contributed by atoms with Gasteiger partial charge in [-0.25, -0.2) is 0 Å². The number of benzene rings is 1. The van der Waals surface area contributed by atoms with Gasteiger partial charge in [0.25, 0.3) is 0 Å². The van der Waals surface area contributed by atoms with Gasteiger partial charge in [-0.3, -0.25) is 14.6 Å². The first-order valence-corrected chi connectivity index (χ1v) is 11.1. The van der Waals surface area contributed by atoms with E-state index >= 15 is 0 Å². The molecule has 1 saturated heterocycles. The minimum Gasteiger partial charge on any atom is -0.353 e. The normalized spacial score (nSPS) is 21.5. The molecule has 30 heavy (non-hydrogen) atoms. The van der Waals surface area contributed by atoms with Crippen molar-refractivity contribution in [3.63, 3.8) is 0 Å². The van der Waals surface area contributed by atoms with Crippen molar-refractivity contribution >= 4 is 11.8 Å². The summed E-state index contributed by atoms with van der Waals surface area (Å²) in [5, 5.41) is 3.13. The zero-order valence-corrected chi connectivity index (χ0v) is 17.9. The standard InChI is InChI=1S/C25H31N3O2/c1-18(2)27-24(30)25(12-14-28(17-25)23(29)19-8-5-9-19)15-20-7-3-4-11-22(20)21-10-6-13-26-16-21/h3-4,6-7,10-11,13,16,18-19H,5,8-9,12,14-15,17H2,1-2H3,(H,27,30)/t25-/m1/s1. The number of carbonyl (C=O) groups excluding carboxylic acids is 2. The lowest BCUT2D eigenvalue weighted by Crippen LogP contribution is -2.48. The van der Waals surface area contributed by atoms with Gasteiger partial charge in [0.05, 0.1) is 5.41 Å². The molecule has 5 nitrogen and oxygen atoms in total. The highest BCUT2D eigenvalue weighted by atomic mass is 16.2. The minimum atomic E-state index is -0.595. The van der Waals surface area contributed by atoms with Gasteiger partial charge in [0.1, 0.15) is 0 Å². The summed E-state index contributed by atoms with van der Waals surface area (Å²) in [5.41, 5.74) is 2.68. The summed E-state index contributed by atoms with van der Waals surface area (Å²) in [7, 11) is 0. The second kappa shape index (κ2) is 8.58. The fourth-order valence-electron chi connectivity index (χ4n) is 4.64. The number of nitrogens with zero attached hydrogens (tertiary/aromatic N) is 2. The van der Waals surface area contributed by atoms with Gasteiger partial charge in [0, 0.05) is 43.0 Å². The van der Waals surface area contributed by atoms with Gasteiger partial charge in [0.15, 0.2) is 0 Å². The number of nitrogens with one attached hydrogen (secondary N) is 1. The third kappa shape index (κ3) is 4.11. The summed E-state index contributed by atoms with van der Waals surface area (Å²) in [6.45, 7) is 5.14. The van der Waals surface area contributed by atoms with E-state index in [-0.39, 0.29) is 23.8 Å². The van der Waals surface area contributed by atoms with Crippen LogP contribution in [0.15, 0.2) is 48.8 Å². The van der Waals surface area contributed by atoms with Crippen LogP contribution in [-0.4, -0.2) is 40.8 Å². The Labute approximate surface area is 178 Å². The Morgan fingerprint density at radius 2 is 2.00 bits per heavy atom. The maximum absolute atomic E-state index is 13.4. The molecule has 4 rings (SSSR count). The molecule has 1 aliphatic heterocycles. The summed E-state index contributed by atoms with van der Waals surface area (Å²) in [6.07, 6.45) is 8.07. The predicted molar refractivity (Wildman–Crippen MR) is 118 cm³/mol. The van der Waals surface area contributed by atoms with Crippen LogP contribution < -0.4 is 5.32 Å². The summed E-state index contributed by atoms with van der Waals surface area (Å²) in [5.74, 6) is 0.458. The number of carbonyl (C=O) groups is 2. The summed E-state index contributed by atoms with van der Waals surface area (Å²) < 4.78 is 0. The Morgan fingerprint density at radius 1 is 1.20 bits per heavy atom. The molecule has 2 heterocycles. The van der Waals surface area contributed by atoms with Crippen molar-refractivity contribution in [2.75, 3.05) is 13.1 Å². The molecule has 2 aromatic rings. The van der Waals surface area contributed by atoms with Crippen LogP contribution in [0.1, 0.15) is 45.1 Å². The van der Waals surface area contributed by atoms with E-state index in [2.05, 4.69) is 22.4 Å². The van der Waals surface area contributed by atoms with Gasteiger partial charge in [-0.1, -0.05) is 36.8 Å². The monoisotopic (exact) mass is 405 g/mol. The van der Waals surface area contributed by atoms with Crippen LogP contribution >= 0.6 is 0 Å². The van der Waals surface area contributed by atoms with Gasteiger partial charge in [-0.15, -0.1) is 0 Å². The first kappa shape index (κ1) is 20.6. The number of pyridine rings is 1. The lowest BCUT2D eigenvalue weighted by atomic mass is 9.78. The topological polar surface area (TPSA) is 62.3 Å². The summed E-state index contributed by atoms with van der Waals surface area (Å²) in [4.78, 5) is 32.5. The van der Waals surface area contributed by atoms with Crippen molar-refractivity contribution in [2.45, 2.75) is 52.0 Å². The Hall–Kier alpha value is -2.69. The van der Waals surface area contributed by atoms with E-state index in [0.717, 1.165) is 36.0 Å². The van der Waals surface area contributed by atoms with Crippen molar-refractivity contribution in [2.24, 2.45) is 11.3 Å². The van der Waals surface area contributed by atoms with E-state index in [4.69, 9.17) is 0 Å². The van der Waals surface area contributed by atoms with Crippen molar-refractivity contribution in [1.82, 2.24) is 15.2 Å². The molecule has 2 fully saturated rings. The van der Waals surface area contributed by atoms with E-state index in [9.17, 15) is 9.59 Å². The van der Waals surface area contributed by atoms with Gasteiger partial charge in [-0.05, 0) is 56.7 Å². The van der Waals surface area contributed by atoms with Gasteiger partial charge >= 0.3 is 0 Å². The summed E-state index contributed by atoms with van der Waals surface area (Å²) >= 11 is 0. The van der Waals surface area contributed by atoms with Gasteiger partial charge in [0.2, 0.25) is 11.8 Å². The van der Waals surface area contributed by atoms with Crippen molar-refractivity contribution in [3.05, 3.63) is 54.4 Å². The number of amides is 2. The van der Waals surface area contributed by atoms with Gasteiger partial charge < -0.3 is 10.2 Å². The molecule has 2 aliphatic rings. The molecular formula is C25H31N3O2. The van der Waals surface area contributed by atoms with E-state index in [1.807, 2.05) is 49.2 Å². The molecule has 0 spiro atoms. The molecule has 2 amide bonds. The first-order valence-electron chi connectivity index (χ1n) is 11.1. The van der Waals surface area contributed by atoms with E-state index < -0.39 is 5.41 Å². The molecule has 1 aromatic heterocycles. The fourth-order valence-corrected chi connectivity index (χ4v) is 4.64. The van der Waals surface area contributed by atoms with Gasteiger partial charge in [-0.2, -0.15) is 0 Å². The Balaban J connectivity index is 1.64. The zero-order valence-electron chi connectivity index (χ0n) is 17.9. The molecular weight excluding hydrogens is 374 g/mol. The average molecular weight is 406 g/mol. The van der Waals surface area contributed by atoms with Crippen molar-refractivity contribution in [1.29, 1.82) is 0 Å². The highest BCUT2D eigenvalue weighted by Gasteiger charge is 2.47. The number of hydrogen-bond acceptors (Lipinski definition) is 3. The lowest BCUT2D eigenvalue weighted by molar-refractivity contribution is -0.138. The number of aromatic nitrogens is 1. The molecule has 5 heteroatoms. The Morgan fingerprint density at radius 3 is 2.67 bits per heavy atom. The highest BCUT2D eigenvalue weighted by Crippen LogP contribution is 2.39. The molecule has 1 atom stereocenters. The molecule has 1 aromatic carbocycles. The number of hydrogen-bond donors (Lipinski definition) is 1. The first-order chi connectivity index (χ1) is 14.5.